The maximum absolute atomic E-state index is 7.70. The van der Waals surface area contributed by atoms with Gasteiger partial charge in [-0.1, -0.05) is 24.3 Å². The van der Waals surface area contributed by atoms with Crippen molar-refractivity contribution in [3.63, 3.8) is 0 Å². The molecule has 2 aromatic carbocycles. The molecule has 0 spiro atoms. The van der Waals surface area contributed by atoms with E-state index in [0.717, 1.165) is 33.4 Å². The number of imidazole rings is 1. The van der Waals surface area contributed by atoms with E-state index in [1.165, 1.54) is 0 Å². The number of hydrogen-bond acceptors (Lipinski definition) is 2. The van der Waals surface area contributed by atoms with Crippen molar-refractivity contribution in [1.29, 1.82) is 5.41 Å². The highest BCUT2D eigenvalue weighted by Crippen LogP contribution is 2.26. The Balaban J connectivity index is 2.36. The summed E-state index contributed by atoms with van der Waals surface area (Å²) in [7, 11) is 0. The summed E-state index contributed by atoms with van der Waals surface area (Å²) in [6.45, 7) is 4.05. The predicted octanol–water partition coefficient (Wildman–Crippen LogP) is 2.93. The average Bonchev–Trinajstić information content (AvgIpc) is 2.77. The van der Waals surface area contributed by atoms with E-state index in [0.29, 0.717) is 0 Å². The molecule has 4 heteroatoms. The summed E-state index contributed by atoms with van der Waals surface area (Å²) in [6, 6.07) is 11.9. The second kappa shape index (κ2) is 4.49. The summed E-state index contributed by atoms with van der Waals surface area (Å²) in [6.07, 6.45) is 1.83. The molecule has 0 atom stereocenters. The van der Waals surface area contributed by atoms with Gasteiger partial charge >= 0.3 is 0 Å². The number of aryl methyl sites for hydroxylation is 1. The Labute approximate surface area is 117 Å². The fourth-order valence-electron chi connectivity index (χ4n) is 2.47. The minimum absolute atomic E-state index is 0.0892. The molecule has 0 aliphatic rings. The smallest absolute Gasteiger partial charge is 0.123 e. The molecule has 0 unspecified atom stereocenters. The molecule has 1 heterocycles. The van der Waals surface area contributed by atoms with Crippen molar-refractivity contribution in [3.05, 3.63) is 59.7 Å². The van der Waals surface area contributed by atoms with Crippen molar-refractivity contribution in [1.82, 2.24) is 9.55 Å². The lowest BCUT2D eigenvalue weighted by atomic mass is 10.0. The Kier molecular flexibility index (Phi) is 2.79. The molecule has 0 fully saturated rings. The van der Waals surface area contributed by atoms with E-state index < -0.39 is 0 Å². The fraction of sp³-hybridized carbons (Fsp3) is 0.125. The van der Waals surface area contributed by atoms with Crippen LogP contribution in [-0.4, -0.2) is 15.4 Å². The molecule has 20 heavy (non-hydrogen) atoms. The number of benzene rings is 2. The van der Waals surface area contributed by atoms with Crippen LogP contribution in [0.5, 0.6) is 0 Å². The van der Waals surface area contributed by atoms with Crippen molar-refractivity contribution in [2.75, 3.05) is 0 Å². The zero-order chi connectivity index (χ0) is 14.3. The zero-order valence-corrected chi connectivity index (χ0v) is 11.5. The van der Waals surface area contributed by atoms with Gasteiger partial charge in [0.05, 0.1) is 17.7 Å². The lowest BCUT2D eigenvalue weighted by Gasteiger charge is -2.12. The van der Waals surface area contributed by atoms with Crippen molar-refractivity contribution in [2.45, 2.75) is 13.8 Å². The number of hydrogen-bond donors (Lipinski definition) is 2. The molecular weight excluding hydrogens is 248 g/mol. The van der Waals surface area contributed by atoms with E-state index in [1.54, 1.807) is 0 Å². The maximum Gasteiger partial charge on any atom is 0.123 e. The molecule has 0 aliphatic carbocycles. The van der Waals surface area contributed by atoms with Gasteiger partial charge in [0.2, 0.25) is 0 Å². The second-order valence-electron chi connectivity index (χ2n) is 4.88. The lowest BCUT2D eigenvalue weighted by molar-refractivity contribution is 1.01. The monoisotopic (exact) mass is 264 g/mol. The van der Waals surface area contributed by atoms with Crippen LogP contribution in [0.3, 0.4) is 0 Å². The minimum atomic E-state index is 0.0892. The third kappa shape index (κ3) is 1.77. The molecule has 3 N–H and O–H groups in total. The van der Waals surface area contributed by atoms with Crippen LogP contribution in [0.15, 0.2) is 42.7 Å². The Morgan fingerprint density at radius 1 is 1.10 bits per heavy atom. The first kappa shape index (κ1) is 12.4. The molecule has 0 bridgehead atoms. The number of rotatable bonds is 2. The summed E-state index contributed by atoms with van der Waals surface area (Å²) in [4.78, 5) is 4.35. The van der Waals surface area contributed by atoms with Gasteiger partial charge in [-0.05, 0) is 31.4 Å². The largest absolute Gasteiger partial charge is 0.384 e. The van der Waals surface area contributed by atoms with E-state index in [-0.39, 0.29) is 5.84 Å². The maximum atomic E-state index is 7.70. The third-order valence-corrected chi connectivity index (χ3v) is 3.70. The topological polar surface area (TPSA) is 67.7 Å². The normalized spacial score (nSPS) is 10.9. The van der Waals surface area contributed by atoms with Crippen LogP contribution in [0.1, 0.15) is 17.0 Å². The molecule has 0 aliphatic heterocycles. The van der Waals surface area contributed by atoms with Crippen LogP contribution < -0.4 is 5.73 Å². The van der Waals surface area contributed by atoms with Gasteiger partial charge in [0.15, 0.2) is 0 Å². The fourth-order valence-corrected chi connectivity index (χ4v) is 2.47. The van der Waals surface area contributed by atoms with E-state index in [2.05, 4.69) is 16.5 Å². The van der Waals surface area contributed by atoms with E-state index in [1.807, 2.05) is 49.6 Å². The van der Waals surface area contributed by atoms with Gasteiger partial charge in [-0.2, -0.15) is 0 Å². The molecule has 4 nitrogen and oxygen atoms in total. The molecule has 0 radical (unpaired) electrons. The highest BCUT2D eigenvalue weighted by molar-refractivity contribution is 6.09. The molecule has 3 rings (SSSR count). The van der Waals surface area contributed by atoms with Crippen LogP contribution >= 0.6 is 0 Å². The van der Waals surface area contributed by atoms with Crippen molar-refractivity contribution in [3.8, 4) is 5.69 Å². The highest BCUT2D eigenvalue weighted by Gasteiger charge is 2.11. The first-order valence-corrected chi connectivity index (χ1v) is 6.46. The number of nitrogens with two attached hydrogens (primary N) is 1. The first-order chi connectivity index (χ1) is 9.59. The molecule has 3 aromatic rings. The summed E-state index contributed by atoms with van der Waals surface area (Å²) >= 11 is 0. The predicted molar refractivity (Wildman–Crippen MR) is 81.6 cm³/mol. The lowest BCUT2D eigenvalue weighted by Crippen LogP contribution is -2.12. The van der Waals surface area contributed by atoms with E-state index in [9.17, 15) is 0 Å². The van der Waals surface area contributed by atoms with E-state index >= 15 is 0 Å². The Hall–Kier alpha value is -2.62. The number of nitrogen functional groups attached to an aromatic ring is 1. The van der Waals surface area contributed by atoms with Crippen LogP contribution in [-0.2, 0) is 0 Å². The van der Waals surface area contributed by atoms with Crippen LogP contribution in [0.2, 0.25) is 0 Å². The Morgan fingerprint density at radius 3 is 2.40 bits per heavy atom. The number of nitrogens with one attached hydrogen (secondary N) is 1. The summed E-state index contributed by atoms with van der Waals surface area (Å²) in [5, 5.41) is 9.76. The third-order valence-electron chi connectivity index (χ3n) is 3.70. The molecular formula is C16H16N4. The second-order valence-corrected chi connectivity index (χ2v) is 4.88. The SMILES string of the molecule is Cc1ncn(-c2ccc(C(=N)N)c3ccccc23)c1C. The number of aromatic nitrogens is 2. The number of fused-ring (bicyclic) bond motifs is 1. The zero-order valence-electron chi connectivity index (χ0n) is 11.5. The minimum Gasteiger partial charge on any atom is -0.384 e. The summed E-state index contributed by atoms with van der Waals surface area (Å²) in [5.41, 5.74) is 9.62. The average molecular weight is 264 g/mol. The van der Waals surface area contributed by atoms with Gasteiger partial charge in [0.25, 0.3) is 0 Å². The molecule has 0 saturated heterocycles. The van der Waals surface area contributed by atoms with Gasteiger partial charge in [-0.25, -0.2) is 4.98 Å². The quantitative estimate of drug-likeness (QED) is 0.552. The van der Waals surface area contributed by atoms with Gasteiger partial charge in [-0.15, -0.1) is 0 Å². The van der Waals surface area contributed by atoms with Crippen molar-refractivity contribution >= 4 is 16.6 Å². The standard InChI is InChI=1S/C16H16N4/c1-10-11(2)20(9-19-10)15-8-7-14(16(17)18)12-5-3-4-6-13(12)15/h3-9H,1-2H3,(H3,17,18). The van der Waals surface area contributed by atoms with Gasteiger partial charge in [0.1, 0.15) is 5.84 Å². The molecule has 100 valence electrons. The van der Waals surface area contributed by atoms with Crippen molar-refractivity contribution in [2.24, 2.45) is 5.73 Å². The number of amidine groups is 1. The highest BCUT2D eigenvalue weighted by atomic mass is 15.1. The molecule has 0 amide bonds. The van der Waals surface area contributed by atoms with Crippen LogP contribution in [0.4, 0.5) is 0 Å². The van der Waals surface area contributed by atoms with Gasteiger partial charge in [0, 0.05) is 16.6 Å². The molecule has 1 aromatic heterocycles. The Morgan fingerprint density at radius 2 is 1.80 bits per heavy atom. The van der Waals surface area contributed by atoms with Crippen molar-refractivity contribution < 1.29 is 0 Å². The number of nitrogens with zero attached hydrogens (tertiary/aromatic N) is 2. The van der Waals surface area contributed by atoms with Crippen LogP contribution in [0.25, 0.3) is 16.5 Å². The Bertz CT molecular complexity index is 814. The summed E-state index contributed by atoms with van der Waals surface area (Å²) in [5.74, 6) is 0.0892. The summed E-state index contributed by atoms with van der Waals surface area (Å²) < 4.78 is 2.07. The molecule has 0 saturated carbocycles. The van der Waals surface area contributed by atoms with Gasteiger partial charge in [-0.3, -0.25) is 5.41 Å². The van der Waals surface area contributed by atoms with Crippen LogP contribution in [0, 0.1) is 19.3 Å². The first-order valence-electron chi connectivity index (χ1n) is 6.46. The van der Waals surface area contributed by atoms with Gasteiger partial charge < -0.3 is 10.3 Å². The van der Waals surface area contributed by atoms with E-state index in [4.69, 9.17) is 11.1 Å².